The molecule has 106 valence electrons. The zero-order chi connectivity index (χ0) is 14.7. The van der Waals surface area contributed by atoms with E-state index in [0.29, 0.717) is 12.1 Å². The summed E-state index contributed by atoms with van der Waals surface area (Å²) in [6, 6.07) is 9.45. The fourth-order valence-corrected chi connectivity index (χ4v) is 2.29. The van der Waals surface area contributed by atoms with E-state index in [1.54, 1.807) is 25.1 Å². The van der Waals surface area contributed by atoms with Crippen LogP contribution in [0.25, 0.3) is 0 Å². The lowest BCUT2D eigenvalue weighted by Gasteiger charge is -2.20. The number of hydrogen-bond acceptors (Lipinski definition) is 1. The number of halogens is 3. The van der Waals surface area contributed by atoms with Crippen LogP contribution in [0.2, 0.25) is 5.02 Å². The Kier molecular flexibility index (Phi) is 4.73. The van der Waals surface area contributed by atoms with E-state index < -0.39 is 5.82 Å². The van der Waals surface area contributed by atoms with Gasteiger partial charge in [-0.15, -0.1) is 0 Å². The van der Waals surface area contributed by atoms with E-state index >= 15 is 0 Å². The van der Waals surface area contributed by atoms with Crippen LogP contribution in [0, 0.1) is 18.6 Å². The standard InChI is InChI=1S/C16H16ClF2N/c1-3-20-16(11-5-7-14(18)10(2)8-11)12-4-6-13(17)15(19)9-12/h4-9,16,20H,3H2,1-2H3. The van der Waals surface area contributed by atoms with E-state index in [2.05, 4.69) is 5.32 Å². The van der Waals surface area contributed by atoms with Gasteiger partial charge in [0.2, 0.25) is 0 Å². The second kappa shape index (κ2) is 6.33. The van der Waals surface area contributed by atoms with E-state index in [-0.39, 0.29) is 16.9 Å². The summed E-state index contributed by atoms with van der Waals surface area (Å²) >= 11 is 5.71. The van der Waals surface area contributed by atoms with Crippen molar-refractivity contribution in [3.63, 3.8) is 0 Å². The van der Waals surface area contributed by atoms with Crippen molar-refractivity contribution < 1.29 is 8.78 Å². The molecule has 1 unspecified atom stereocenters. The molecule has 0 radical (unpaired) electrons. The molecule has 0 heterocycles. The Bertz CT molecular complexity index is 562. The van der Waals surface area contributed by atoms with Gasteiger partial charge in [0.15, 0.2) is 0 Å². The van der Waals surface area contributed by atoms with Gasteiger partial charge >= 0.3 is 0 Å². The zero-order valence-electron chi connectivity index (χ0n) is 11.4. The number of benzene rings is 2. The number of rotatable bonds is 4. The predicted octanol–water partition coefficient (Wildman–Crippen LogP) is 4.63. The quantitative estimate of drug-likeness (QED) is 0.867. The summed E-state index contributed by atoms with van der Waals surface area (Å²) in [6.07, 6.45) is 0. The lowest BCUT2D eigenvalue weighted by Crippen LogP contribution is -2.22. The molecule has 0 spiro atoms. The highest BCUT2D eigenvalue weighted by atomic mass is 35.5. The third kappa shape index (κ3) is 3.17. The van der Waals surface area contributed by atoms with Crippen LogP contribution in [0.3, 0.4) is 0 Å². The van der Waals surface area contributed by atoms with Gasteiger partial charge < -0.3 is 5.32 Å². The molecule has 2 rings (SSSR count). The smallest absolute Gasteiger partial charge is 0.142 e. The molecule has 0 aliphatic carbocycles. The second-order valence-electron chi connectivity index (χ2n) is 4.67. The molecule has 0 saturated carbocycles. The minimum atomic E-state index is -0.453. The second-order valence-corrected chi connectivity index (χ2v) is 5.08. The van der Waals surface area contributed by atoms with Crippen molar-refractivity contribution in [2.45, 2.75) is 19.9 Å². The van der Waals surface area contributed by atoms with E-state index in [9.17, 15) is 8.78 Å². The van der Waals surface area contributed by atoms with Crippen molar-refractivity contribution >= 4 is 11.6 Å². The SMILES string of the molecule is CCNC(c1ccc(F)c(C)c1)c1ccc(Cl)c(F)c1. The van der Waals surface area contributed by atoms with E-state index in [1.807, 2.05) is 6.92 Å². The van der Waals surface area contributed by atoms with Crippen LogP contribution in [0.5, 0.6) is 0 Å². The third-order valence-electron chi connectivity index (χ3n) is 3.20. The highest BCUT2D eigenvalue weighted by molar-refractivity contribution is 6.30. The molecule has 0 aliphatic heterocycles. The molecular weight excluding hydrogens is 280 g/mol. The first-order valence-electron chi connectivity index (χ1n) is 6.47. The Morgan fingerprint density at radius 3 is 2.30 bits per heavy atom. The van der Waals surface area contributed by atoms with Crippen LogP contribution in [0.4, 0.5) is 8.78 Å². The Morgan fingerprint density at radius 2 is 1.70 bits per heavy atom. The van der Waals surface area contributed by atoms with Gasteiger partial charge in [0.05, 0.1) is 11.1 Å². The molecule has 0 amide bonds. The Balaban J connectivity index is 2.44. The van der Waals surface area contributed by atoms with Crippen LogP contribution in [0.1, 0.15) is 29.7 Å². The molecule has 1 atom stereocenters. The molecule has 20 heavy (non-hydrogen) atoms. The van der Waals surface area contributed by atoms with Gasteiger partial charge in [-0.25, -0.2) is 8.78 Å². The molecule has 1 nitrogen and oxygen atoms in total. The first kappa shape index (κ1) is 14.9. The van der Waals surface area contributed by atoms with Crippen LogP contribution in [-0.2, 0) is 0 Å². The summed E-state index contributed by atoms with van der Waals surface area (Å²) < 4.78 is 27.0. The van der Waals surface area contributed by atoms with E-state index in [0.717, 1.165) is 11.1 Å². The molecule has 2 aromatic carbocycles. The molecule has 1 N–H and O–H groups in total. The molecular formula is C16H16ClF2N. The Labute approximate surface area is 122 Å². The van der Waals surface area contributed by atoms with Crippen LogP contribution < -0.4 is 5.32 Å². The lowest BCUT2D eigenvalue weighted by molar-refractivity contribution is 0.596. The number of nitrogens with one attached hydrogen (secondary N) is 1. The maximum atomic E-state index is 13.6. The van der Waals surface area contributed by atoms with Gasteiger partial charge in [0.25, 0.3) is 0 Å². The Hall–Kier alpha value is -1.45. The topological polar surface area (TPSA) is 12.0 Å². The fourth-order valence-electron chi connectivity index (χ4n) is 2.17. The van der Waals surface area contributed by atoms with Crippen molar-refractivity contribution in [3.8, 4) is 0 Å². The van der Waals surface area contributed by atoms with Gasteiger partial charge in [-0.2, -0.15) is 0 Å². The van der Waals surface area contributed by atoms with Gasteiger partial charge in [-0.1, -0.05) is 36.7 Å². The maximum Gasteiger partial charge on any atom is 0.142 e. The fraction of sp³-hybridized carbons (Fsp3) is 0.250. The first-order valence-corrected chi connectivity index (χ1v) is 6.85. The van der Waals surface area contributed by atoms with Gasteiger partial charge in [0.1, 0.15) is 11.6 Å². The molecule has 0 aromatic heterocycles. The number of aryl methyl sites for hydroxylation is 1. The van der Waals surface area contributed by atoms with Crippen LogP contribution >= 0.6 is 11.6 Å². The lowest BCUT2D eigenvalue weighted by atomic mass is 9.97. The summed E-state index contributed by atoms with van der Waals surface area (Å²) in [6.45, 7) is 4.39. The van der Waals surface area contributed by atoms with E-state index in [4.69, 9.17) is 11.6 Å². The van der Waals surface area contributed by atoms with E-state index in [1.165, 1.54) is 18.2 Å². The highest BCUT2D eigenvalue weighted by Crippen LogP contribution is 2.26. The van der Waals surface area contributed by atoms with Gasteiger partial charge in [-0.3, -0.25) is 0 Å². The average Bonchev–Trinajstić information content (AvgIpc) is 2.43. The normalized spacial score (nSPS) is 12.4. The maximum absolute atomic E-state index is 13.6. The molecule has 0 aliphatic rings. The van der Waals surface area contributed by atoms with Crippen molar-refractivity contribution in [1.82, 2.24) is 5.32 Å². The Morgan fingerprint density at radius 1 is 1.05 bits per heavy atom. The monoisotopic (exact) mass is 295 g/mol. The average molecular weight is 296 g/mol. The summed E-state index contributed by atoms with van der Waals surface area (Å²) in [4.78, 5) is 0. The minimum Gasteiger partial charge on any atom is -0.307 e. The van der Waals surface area contributed by atoms with Crippen molar-refractivity contribution in [2.24, 2.45) is 0 Å². The largest absolute Gasteiger partial charge is 0.307 e. The van der Waals surface area contributed by atoms with Crippen LogP contribution in [-0.4, -0.2) is 6.54 Å². The first-order chi connectivity index (χ1) is 9.52. The van der Waals surface area contributed by atoms with Crippen molar-refractivity contribution in [3.05, 3.63) is 69.7 Å². The van der Waals surface area contributed by atoms with Crippen molar-refractivity contribution in [2.75, 3.05) is 6.54 Å². The zero-order valence-corrected chi connectivity index (χ0v) is 12.1. The predicted molar refractivity (Wildman–Crippen MR) is 78.1 cm³/mol. The van der Waals surface area contributed by atoms with Crippen molar-refractivity contribution in [1.29, 1.82) is 0 Å². The van der Waals surface area contributed by atoms with Crippen LogP contribution in [0.15, 0.2) is 36.4 Å². The summed E-state index contributed by atoms with van der Waals surface area (Å²) in [7, 11) is 0. The third-order valence-corrected chi connectivity index (χ3v) is 3.51. The van der Waals surface area contributed by atoms with Gasteiger partial charge in [-0.05, 0) is 48.4 Å². The summed E-state index contributed by atoms with van der Waals surface area (Å²) in [5.74, 6) is -0.697. The summed E-state index contributed by atoms with van der Waals surface area (Å²) in [5.41, 5.74) is 2.23. The molecule has 4 heteroatoms. The molecule has 0 fully saturated rings. The minimum absolute atomic E-state index is 0.0966. The molecule has 0 saturated heterocycles. The molecule has 0 bridgehead atoms. The summed E-state index contributed by atoms with van der Waals surface area (Å²) in [5, 5.41) is 3.37. The molecule has 2 aromatic rings. The number of hydrogen-bond donors (Lipinski definition) is 1. The highest BCUT2D eigenvalue weighted by Gasteiger charge is 2.15. The van der Waals surface area contributed by atoms with Gasteiger partial charge in [0, 0.05) is 0 Å².